The van der Waals surface area contributed by atoms with Crippen molar-refractivity contribution in [1.82, 2.24) is 4.90 Å². The highest BCUT2D eigenvalue weighted by Crippen LogP contribution is 2.26. The summed E-state index contributed by atoms with van der Waals surface area (Å²) in [5, 5.41) is 9.93. The second kappa shape index (κ2) is 7.84. The summed E-state index contributed by atoms with van der Waals surface area (Å²) >= 11 is 0. The molecule has 0 bridgehead atoms. The zero-order valence-electron chi connectivity index (χ0n) is 14.3. The van der Waals surface area contributed by atoms with Crippen LogP contribution in [0.2, 0.25) is 0 Å². The van der Waals surface area contributed by atoms with Crippen molar-refractivity contribution in [3.63, 3.8) is 0 Å². The zero-order valence-corrected chi connectivity index (χ0v) is 14.3. The first-order valence-corrected chi connectivity index (χ1v) is 8.59. The molecular formula is C22H23NO2. The smallest absolute Gasteiger partial charge is 0.140 e. The molecule has 0 aromatic heterocycles. The maximum Gasteiger partial charge on any atom is 0.140 e. The average molecular weight is 333 g/mol. The molecule has 1 aliphatic heterocycles. The molecular weight excluding hydrogens is 310 g/mol. The molecule has 0 radical (unpaired) electrons. The molecule has 0 aliphatic carbocycles. The Labute approximate surface area is 148 Å². The summed E-state index contributed by atoms with van der Waals surface area (Å²) in [6, 6.07) is 15.9. The Morgan fingerprint density at radius 2 is 1.96 bits per heavy atom. The van der Waals surface area contributed by atoms with Gasteiger partial charge in [-0.3, -0.25) is 4.79 Å². The van der Waals surface area contributed by atoms with Crippen LogP contribution in [0.4, 0.5) is 0 Å². The fraction of sp³-hybridized carbons (Fsp3) is 0.227. The van der Waals surface area contributed by atoms with Gasteiger partial charge in [-0.25, -0.2) is 0 Å². The van der Waals surface area contributed by atoms with E-state index in [2.05, 4.69) is 29.7 Å². The molecule has 1 N–H and O–H groups in total. The molecule has 0 atom stereocenters. The lowest BCUT2D eigenvalue weighted by molar-refractivity contribution is -0.120. The van der Waals surface area contributed by atoms with Gasteiger partial charge in [0.2, 0.25) is 0 Å². The number of ketones is 1. The molecule has 0 spiro atoms. The number of allylic oxidation sites excluding steroid dienone is 2. The molecule has 0 unspecified atom stereocenters. The lowest BCUT2D eigenvalue weighted by atomic mass is 10.0. The van der Waals surface area contributed by atoms with Gasteiger partial charge in [0.15, 0.2) is 0 Å². The van der Waals surface area contributed by atoms with Gasteiger partial charge in [-0.15, -0.1) is 6.58 Å². The summed E-state index contributed by atoms with van der Waals surface area (Å²) in [7, 11) is 0. The van der Waals surface area contributed by atoms with Crippen molar-refractivity contribution in [2.45, 2.75) is 25.8 Å². The number of rotatable bonds is 5. The molecule has 1 heterocycles. The normalized spacial score (nSPS) is 16.2. The summed E-state index contributed by atoms with van der Waals surface area (Å²) in [5.74, 6) is 0.559. The van der Waals surface area contributed by atoms with Gasteiger partial charge in [-0.05, 0) is 41.3 Å². The van der Waals surface area contributed by atoms with E-state index < -0.39 is 0 Å². The molecule has 3 nitrogen and oxygen atoms in total. The van der Waals surface area contributed by atoms with E-state index in [9.17, 15) is 9.90 Å². The van der Waals surface area contributed by atoms with Gasteiger partial charge in [0, 0.05) is 31.6 Å². The molecule has 128 valence electrons. The fourth-order valence-electron chi connectivity index (χ4n) is 3.14. The number of benzene rings is 2. The van der Waals surface area contributed by atoms with Gasteiger partial charge < -0.3 is 10.0 Å². The van der Waals surface area contributed by atoms with Gasteiger partial charge >= 0.3 is 0 Å². The molecule has 3 rings (SSSR count). The third kappa shape index (κ3) is 4.38. The lowest BCUT2D eigenvalue weighted by Crippen LogP contribution is -2.31. The number of phenols is 1. The number of hydrogen-bond acceptors (Lipinski definition) is 3. The van der Waals surface area contributed by atoms with E-state index in [0.717, 1.165) is 29.9 Å². The molecule has 0 saturated carbocycles. The lowest BCUT2D eigenvalue weighted by Gasteiger charge is -2.31. The van der Waals surface area contributed by atoms with E-state index in [-0.39, 0.29) is 11.5 Å². The quantitative estimate of drug-likeness (QED) is 0.828. The van der Waals surface area contributed by atoms with Crippen molar-refractivity contribution in [2.24, 2.45) is 0 Å². The Balaban J connectivity index is 1.87. The van der Waals surface area contributed by atoms with Crippen molar-refractivity contribution in [1.29, 1.82) is 0 Å². The highest BCUT2D eigenvalue weighted by atomic mass is 16.3. The van der Waals surface area contributed by atoms with Crippen molar-refractivity contribution in [3.05, 3.63) is 83.6 Å². The van der Waals surface area contributed by atoms with Gasteiger partial charge in [0.25, 0.3) is 0 Å². The second-order valence-corrected chi connectivity index (χ2v) is 6.39. The monoisotopic (exact) mass is 333 g/mol. The van der Waals surface area contributed by atoms with Gasteiger partial charge in [0.1, 0.15) is 11.5 Å². The van der Waals surface area contributed by atoms with Gasteiger partial charge in [0.05, 0.1) is 0 Å². The van der Waals surface area contributed by atoms with Crippen LogP contribution < -0.4 is 0 Å². The Morgan fingerprint density at radius 3 is 2.72 bits per heavy atom. The number of carbonyl (C=O) groups is 1. The minimum Gasteiger partial charge on any atom is -0.508 e. The first kappa shape index (κ1) is 17.0. The number of aromatic hydroxyl groups is 1. The molecule has 25 heavy (non-hydrogen) atoms. The topological polar surface area (TPSA) is 40.5 Å². The summed E-state index contributed by atoms with van der Waals surface area (Å²) in [4.78, 5) is 14.2. The largest absolute Gasteiger partial charge is 0.508 e. The number of phenolic OH excluding ortho intramolecular Hbond substituents is 1. The van der Waals surface area contributed by atoms with E-state index in [4.69, 9.17) is 0 Å². The third-order valence-electron chi connectivity index (χ3n) is 4.46. The molecule has 2 aromatic carbocycles. The van der Waals surface area contributed by atoms with Crippen LogP contribution in [-0.4, -0.2) is 22.3 Å². The van der Waals surface area contributed by atoms with E-state index >= 15 is 0 Å². The minimum absolute atomic E-state index is 0.278. The van der Waals surface area contributed by atoms with Gasteiger partial charge in [-0.1, -0.05) is 42.5 Å². The maximum absolute atomic E-state index is 12.0. The van der Waals surface area contributed by atoms with Crippen LogP contribution in [0.15, 0.2) is 66.9 Å². The van der Waals surface area contributed by atoms with Crippen LogP contribution in [0.1, 0.15) is 29.5 Å². The van der Waals surface area contributed by atoms with E-state index in [0.29, 0.717) is 19.3 Å². The Hall–Kier alpha value is -2.81. The maximum atomic E-state index is 12.0. The van der Waals surface area contributed by atoms with E-state index in [1.807, 2.05) is 30.3 Å². The SMILES string of the molecule is C=CCc1cc(C=C2CC(=O)CCN2Cc2ccccc2)ccc1O. The Kier molecular flexibility index (Phi) is 5.34. The molecule has 0 amide bonds. The number of Topliss-reactive ketones (excluding diaryl/α,β-unsaturated/α-hetero) is 1. The number of nitrogens with zero attached hydrogens (tertiary/aromatic N) is 1. The standard InChI is InChI=1S/C22H23NO2/c1-2-6-19-13-18(9-10-22(19)25)14-20-15-21(24)11-12-23(20)16-17-7-4-3-5-8-17/h2-5,7-10,13-14,25H,1,6,11-12,15-16H2. The third-order valence-corrected chi connectivity index (χ3v) is 4.46. The van der Waals surface area contributed by atoms with Crippen LogP contribution in [0.25, 0.3) is 6.08 Å². The molecule has 1 fully saturated rings. The molecule has 2 aromatic rings. The predicted molar refractivity (Wildman–Crippen MR) is 101 cm³/mol. The van der Waals surface area contributed by atoms with Crippen LogP contribution >= 0.6 is 0 Å². The van der Waals surface area contributed by atoms with E-state index in [1.165, 1.54) is 5.56 Å². The molecule has 1 aliphatic rings. The second-order valence-electron chi connectivity index (χ2n) is 6.39. The van der Waals surface area contributed by atoms with Gasteiger partial charge in [-0.2, -0.15) is 0 Å². The summed E-state index contributed by atoms with van der Waals surface area (Å²) in [6.45, 7) is 5.28. The van der Waals surface area contributed by atoms with Crippen LogP contribution in [-0.2, 0) is 17.8 Å². The van der Waals surface area contributed by atoms with Crippen molar-refractivity contribution < 1.29 is 9.90 Å². The molecule has 3 heteroatoms. The molecule has 1 saturated heterocycles. The van der Waals surface area contributed by atoms with Crippen molar-refractivity contribution >= 4 is 11.9 Å². The number of carbonyl (C=O) groups excluding carboxylic acids is 1. The minimum atomic E-state index is 0.278. The Morgan fingerprint density at radius 1 is 1.16 bits per heavy atom. The van der Waals surface area contributed by atoms with Crippen LogP contribution in [0.5, 0.6) is 5.75 Å². The van der Waals surface area contributed by atoms with Crippen LogP contribution in [0, 0.1) is 0 Å². The highest BCUT2D eigenvalue weighted by Gasteiger charge is 2.20. The summed E-state index contributed by atoms with van der Waals surface area (Å²) in [5.41, 5.74) is 4.12. The fourth-order valence-corrected chi connectivity index (χ4v) is 3.14. The van der Waals surface area contributed by atoms with Crippen molar-refractivity contribution in [2.75, 3.05) is 6.54 Å². The number of hydrogen-bond donors (Lipinski definition) is 1. The predicted octanol–water partition coefficient (Wildman–Crippen LogP) is 4.33. The highest BCUT2D eigenvalue weighted by molar-refractivity contribution is 5.83. The number of likely N-dealkylation sites (tertiary alicyclic amines) is 1. The summed E-state index contributed by atoms with van der Waals surface area (Å²) in [6.07, 6.45) is 5.52. The van der Waals surface area contributed by atoms with Crippen molar-refractivity contribution in [3.8, 4) is 5.75 Å². The Bertz CT molecular complexity index is 793. The first-order chi connectivity index (χ1) is 12.2. The first-order valence-electron chi connectivity index (χ1n) is 8.59. The van der Waals surface area contributed by atoms with Crippen LogP contribution in [0.3, 0.4) is 0 Å². The number of piperidine rings is 1. The van der Waals surface area contributed by atoms with E-state index in [1.54, 1.807) is 12.1 Å². The average Bonchev–Trinajstić information content (AvgIpc) is 2.61. The summed E-state index contributed by atoms with van der Waals surface area (Å²) < 4.78 is 0. The zero-order chi connectivity index (χ0) is 17.6.